The largest absolute Gasteiger partial charge is 0.243 e. The molecule has 0 spiro atoms. The molecule has 0 aliphatic heterocycles. The van der Waals surface area contributed by atoms with Gasteiger partial charge in [-0.3, -0.25) is 0 Å². The van der Waals surface area contributed by atoms with E-state index >= 15 is 0 Å². The average molecular weight is 339 g/mol. The van der Waals surface area contributed by atoms with Gasteiger partial charge in [0.1, 0.15) is 0 Å². The first-order valence-corrected chi connectivity index (χ1v) is 8.16. The quantitative estimate of drug-likeness (QED) is 0.774. The first-order valence-electron chi connectivity index (χ1n) is 5.39. The Morgan fingerprint density at radius 3 is 2.65 bits per heavy atom. The van der Waals surface area contributed by atoms with Crippen molar-refractivity contribution >= 4 is 37.6 Å². The van der Waals surface area contributed by atoms with Gasteiger partial charge in [-0.25, -0.2) is 8.42 Å². The van der Waals surface area contributed by atoms with Gasteiger partial charge in [0, 0.05) is 22.9 Å². The standard InChI is InChI=1S/C11H13BrClNO2S/c12-9-2-1-3-11(8-9)17(15,16)14(7-6-13)10-4-5-10/h1-3,8,10H,4-7H2. The normalized spacial score (nSPS) is 16.4. The van der Waals surface area contributed by atoms with Crippen LogP contribution >= 0.6 is 27.5 Å². The molecule has 1 aliphatic rings. The molecule has 0 N–H and O–H groups in total. The molecule has 1 fully saturated rings. The van der Waals surface area contributed by atoms with Crippen LogP contribution in [0.2, 0.25) is 0 Å². The van der Waals surface area contributed by atoms with Crippen molar-refractivity contribution in [2.75, 3.05) is 12.4 Å². The Balaban J connectivity index is 2.33. The van der Waals surface area contributed by atoms with Crippen molar-refractivity contribution in [3.05, 3.63) is 28.7 Å². The molecule has 3 nitrogen and oxygen atoms in total. The number of benzene rings is 1. The third kappa shape index (κ3) is 3.02. The predicted octanol–water partition coefficient (Wildman–Crippen LogP) is 2.84. The zero-order valence-electron chi connectivity index (χ0n) is 9.14. The smallest absolute Gasteiger partial charge is 0.207 e. The van der Waals surface area contributed by atoms with Gasteiger partial charge in [-0.1, -0.05) is 22.0 Å². The maximum absolute atomic E-state index is 12.4. The van der Waals surface area contributed by atoms with Crippen LogP contribution in [0.1, 0.15) is 12.8 Å². The SMILES string of the molecule is O=S(=O)(c1cccc(Br)c1)N(CCCl)C1CC1. The van der Waals surface area contributed by atoms with Crippen molar-refractivity contribution < 1.29 is 8.42 Å². The average Bonchev–Trinajstić information content (AvgIpc) is 3.09. The Hall–Kier alpha value is -0.100. The van der Waals surface area contributed by atoms with Crippen LogP contribution in [0.5, 0.6) is 0 Å². The summed E-state index contributed by atoms with van der Waals surface area (Å²) in [6, 6.07) is 6.91. The molecule has 1 aromatic carbocycles. The van der Waals surface area contributed by atoms with Crippen molar-refractivity contribution in [2.24, 2.45) is 0 Å². The van der Waals surface area contributed by atoms with E-state index < -0.39 is 10.0 Å². The second-order valence-electron chi connectivity index (χ2n) is 3.99. The Kier molecular flexibility index (Phi) is 4.13. The molecule has 2 rings (SSSR count). The van der Waals surface area contributed by atoms with Crippen LogP contribution in [0.3, 0.4) is 0 Å². The zero-order chi connectivity index (χ0) is 12.5. The highest BCUT2D eigenvalue weighted by Gasteiger charge is 2.37. The van der Waals surface area contributed by atoms with E-state index in [1.165, 1.54) is 4.31 Å². The predicted molar refractivity (Wildman–Crippen MR) is 71.8 cm³/mol. The van der Waals surface area contributed by atoms with E-state index in [0.717, 1.165) is 17.3 Å². The van der Waals surface area contributed by atoms with Gasteiger partial charge in [0.25, 0.3) is 0 Å². The van der Waals surface area contributed by atoms with Gasteiger partial charge in [-0.2, -0.15) is 4.31 Å². The van der Waals surface area contributed by atoms with Gasteiger partial charge in [0.2, 0.25) is 10.0 Å². The molecule has 0 aromatic heterocycles. The molecule has 1 aliphatic carbocycles. The van der Waals surface area contributed by atoms with Gasteiger partial charge < -0.3 is 0 Å². The van der Waals surface area contributed by atoms with E-state index in [4.69, 9.17) is 11.6 Å². The van der Waals surface area contributed by atoms with E-state index in [9.17, 15) is 8.42 Å². The first-order chi connectivity index (χ1) is 8.05. The van der Waals surface area contributed by atoms with Crippen LogP contribution in [0, 0.1) is 0 Å². The maximum atomic E-state index is 12.4. The van der Waals surface area contributed by atoms with Crippen molar-refractivity contribution in [3.63, 3.8) is 0 Å². The molecule has 0 saturated heterocycles. The number of sulfonamides is 1. The summed E-state index contributed by atoms with van der Waals surface area (Å²) in [6.45, 7) is 0.376. The molecule has 6 heteroatoms. The van der Waals surface area contributed by atoms with Crippen LogP contribution in [0.4, 0.5) is 0 Å². The monoisotopic (exact) mass is 337 g/mol. The number of hydrogen-bond acceptors (Lipinski definition) is 2. The number of nitrogens with zero attached hydrogens (tertiary/aromatic N) is 1. The zero-order valence-corrected chi connectivity index (χ0v) is 12.3. The van der Waals surface area contributed by atoms with Crippen LogP contribution in [-0.4, -0.2) is 31.2 Å². The highest BCUT2D eigenvalue weighted by molar-refractivity contribution is 9.10. The highest BCUT2D eigenvalue weighted by Crippen LogP contribution is 2.32. The minimum Gasteiger partial charge on any atom is -0.207 e. The van der Waals surface area contributed by atoms with Gasteiger partial charge in [-0.05, 0) is 31.0 Å². The molecular weight excluding hydrogens is 326 g/mol. The Morgan fingerprint density at radius 2 is 2.12 bits per heavy atom. The molecule has 1 saturated carbocycles. The fourth-order valence-electron chi connectivity index (χ4n) is 1.71. The topological polar surface area (TPSA) is 37.4 Å². The molecule has 1 aromatic rings. The Labute approximate surface area is 115 Å². The van der Waals surface area contributed by atoms with Crippen LogP contribution < -0.4 is 0 Å². The van der Waals surface area contributed by atoms with Gasteiger partial charge in [0.05, 0.1) is 4.90 Å². The summed E-state index contributed by atoms with van der Waals surface area (Å²) in [6.07, 6.45) is 1.87. The van der Waals surface area contributed by atoms with Gasteiger partial charge in [-0.15, -0.1) is 11.6 Å². The van der Waals surface area contributed by atoms with E-state index in [-0.39, 0.29) is 6.04 Å². The molecule has 94 valence electrons. The second-order valence-corrected chi connectivity index (χ2v) is 7.18. The van der Waals surface area contributed by atoms with Crippen molar-refractivity contribution in [2.45, 2.75) is 23.8 Å². The molecule has 17 heavy (non-hydrogen) atoms. The fourth-order valence-corrected chi connectivity index (χ4v) is 4.27. The molecule has 0 heterocycles. The third-order valence-electron chi connectivity index (χ3n) is 2.66. The highest BCUT2D eigenvalue weighted by atomic mass is 79.9. The van der Waals surface area contributed by atoms with Crippen LogP contribution in [0.15, 0.2) is 33.6 Å². The summed E-state index contributed by atoms with van der Waals surface area (Å²) in [7, 11) is -3.40. The summed E-state index contributed by atoms with van der Waals surface area (Å²) >= 11 is 8.96. The fraction of sp³-hybridized carbons (Fsp3) is 0.455. The lowest BCUT2D eigenvalue weighted by atomic mass is 10.4. The van der Waals surface area contributed by atoms with Crippen LogP contribution in [0.25, 0.3) is 0 Å². The van der Waals surface area contributed by atoms with E-state index in [1.54, 1.807) is 18.2 Å². The lowest BCUT2D eigenvalue weighted by Crippen LogP contribution is -2.34. The molecule has 0 bridgehead atoms. The Bertz CT molecular complexity index is 502. The van der Waals surface area contributed by atoms with E-state index in [2.05, 4.69) is 15.9 Å². The minimum atomic E-state index is -3.40. The van der Waals surface area contributed by atoms with Gasteiger partial charge in [0.15, 0.2) is 0 Å². The van der Waals surface area contributed by atoms with E-state index in [0.29, 0.717) is 17.3 Å². The summed E-state index contributed by atoms with van der Waals surface area (Å²) < 4.78 is 27.1. The molecule has 0 amide bonds. The number of alkyl halides is 1. The van der Waals surface area contributed by atoms with Crippen molar-refractivity contribution in [3.8, 4) is 0 Å². The third-order valence-corrected chi connectivity index (χ3v) is 5.27. The second kappa shape index (κ2) is 5.26. The van der Waals surface area contributed by atoms with Crippen molar-refractivity contribution in [1.82, 2.24) is 4.31 Å². The van der Waals surface area contributed by atoms with Crippen molar-refractivity contribution in [1.29, 1.82) is 0 Å². The molecule has 0 atom stereocenters. The van der Waals surface area contributed by atoms with Crippen LogP contribution in [-0.2, 0) is 10.0 Å². The summed E-state index contributed by atoms with van der Waals surface area (Å²) in [5.41, 5.74) is 0. The summed E-state index contributed by atoms with van der Waals surface area (Å²) in [4.78, 5) is 0.323. The van der Waals surface area contributed by atoms with Gasteiger partial charge >= 0.3 is 0 Å². The Morgan fingerprint density at radius 1 is 1.41 bits per heavy atom. The summed E-state index contributed by atoms with van der Waals surface area (Å²) in [5.74, 6) is 0.323. The lowest BCUT2D eigenvalue weighted by molar-refractivity contribution is 0.422. The molecular formula is C11H13BrClNO2S. The number of rotatable bonds is 5. The minimum absolute atomic E-state index is 0.137. The molecule has 0 radical (unpaired) electrons. The summed E-state index contributed by atoms with van der Waals surface area (Å²) in [5, 5.41) is 0. The molecule has 0 unspecified atom stereocenters. The number of hydrogen-bond donors (Lipinski definition) is 0. The van der Waals surface area contributed by atoms with E-state index in [1.807, 2.05) is 6.07 Å². The lowest BCUT2D eigenvalue weighted by Gasteiger charge is -2.20. The number of halogens is 2. The maximum Gasteiger partial charge on any atom is 0.243 e. The first kappa shape index (κ1) is 13.3.